The molecule has 0 aromatic rings. The zero-order chi connectivity index (χ0) is 10.7. The lowest BCUT2D eigenvalue weighted by atomic mass is 9.75. The number of hydrogen-bond donors (Lipinski definition) is 1. The monoisotopic (exact) mass is 209 g/mol. The number of nitrogens with one attached hydrogen (secondary N) is 1. The normalized spacial score (nSPS) is 33.9. The smallest absolute Gasteiger partial charge is 0.139 e. The van der Waals surface area contributed by atoms with Crippen molar-refractivity contribution in [1.82, 2.24) is 5.32 Å². The molecule has 1 aliphatic heterocycles. The number of rotatable bonds is 2. The topological polar surface area (TPSA) is 29.1 Å². The Morgan fingerprint density at radius 3 is 2.47 bits per heavy atom. The van der Waals surface area contributed by atoms with Crippen LogP contribution in [0, 0.1) is 17.8 Å². The van der Waals surface area contributed by atoms with Gasteiger partial charge in [0.25, 0.3) is 0 Å². The van der Waals surface area contributed by atoms with E-state index in [0.717, 1.165) is 44.7 Å². The lowest BCUT2D eigenvalue weighted by molar-refractivity contribution is -0.129. The van der Waals surface area contributed by atoms with Gasteiger partial charge in [0.15, 0.2) is 0 Å². The zero-order valence-corrected chi connectivity index (χ0v) is 9.80. The highest BCUT2D eigenvalue weighted by Gasteiger charge is 2.30. The van der Waals surface area contributed by atoms with Crippen molar-refractivity contribution in [2.75, 3.05) is 13.1 Å². The van der Waals surface area contributed by atoms with E-state index >= 15 is 0 Å². The maximum atomic E-state index is 12.3. The lowest BCUT2D eigenvalue weighted by Crippen LogP contribution is -2.35. The molecule has 0 aromatic heterocycles. The summed E-state index contributed by atoms with van der Waals surface area (Å²) < 4.78 is 0. The summed E-state index contributed by atoms with van der Waals surface area (Å²) in [5.74, 6) is 2.14. The first-order valence-electron chi connectivity index (χ1n) is 6.52. The summed E-state index contributed by atoms with van der Waals surface area (Å²) in [6.07, 6.45) is 7.06. The predicted molar refractivity (Wildman–Crippen MR) is 61.7 cm³/mol. The van der Waals surface area contributed by atoms with Crippen LogP contribution in [0.5, 0.6) is 0 Å². The van der Waals surface area contributed by atoms with E-state index in [4.69, 9.17) is 0 Å². The highest BCUT2D eigenvalue weighted by atomic mass is 16.1. The lowest BCUT2D eigenvalue weighted by Gasteiger charge is -2.30. The molecule has 0 aromatic carbocycles. The summed E-state index contributed by atoms with van der Waals surface area (Å²) in [7, 11) is 0. The molecule has 1 saturated carbocycles. The van der Waals surface area contributed by atoms with Gasteiger partial charge in [-0.3, -0.25) is 4.79 Å². The van der Waals surface area contributed by atoms with Gasteiger partial charge in [0, 0.05) is 11.8 Å². The first-order chi connectivity index (χ1) is 7.27. The minimum Gasteiger partial charge on any atom is -0.317 e. The van der Waals surface area contributed by atoms with Crippen LogP contribution in [0.3, 0.4) is 0 Å². The third kappa shape index (κ3) is 2.81. The van der Waals surface area contributed by atoms with Gasteiger partial charge < -0.3 is 5.32 Å². The van der Waals surface area contributed by atoms with Crippen LogP contribution >= 0.6 is 0 Å². The third-order valence-corrected chi connectivity index (χ3v) is 4.08. The van der Waals surface area contributed by atoms with E-state index in [1.165, 1.54) is 12.8 Å². The molecule has 2 atom stereocenters. The molecule has 0 radical (unpaired) electrons. The van der Waals surface area contributed by atoms with Gasteiger partial charge in [-0.2, -0.15) is 0 Å². The summed E-state index contributed by atoms with van der Waals surface area (Å²) in [5.41, 5.74) is 0. The Balaban J connectivity index is 1.88. The molecular formula is C13H23NO. The van der Waals surface area contributed by atoms with Crippen molar-refractivity contribution in [3.63, 3.8) is 0 Å². The number of carbonyl (C=O) groups is 1. The van der Waals surface area contributed by atoms with Crippen molar-refractivity contribution in [3.8, 4) is 0 Å². The first kappa shape index (κ1) is 11.1. The SMILES string of the molecule is CC1CCCC(C(=O)C2CCNCC2)C1. The van der Waals surface area contributed by atoms with Crippen molar-refractivity contribution in [3.05, 3.63) is 0 Å². The molecule has 1 N–H and O–H groups in total. The van der Waals surface area contributed by atoms with Gasteiger partial charge in [-0.1, -0.05) is 19.8 Å². The number of hydrogen-bond acceptors (Lipinski definition) is 2. The predicted octanol–water partition coefficient (Wildman–Crippen LogP) is 2.38. The van der Waals surface area contributed by atoms with Crippen LogP contribution in [-0.4, -0.2) is 18.9 Å². The highest BCUT2D eigenvalue weighted by Crippen LogP contribution is 2.32. The van der Waals surface area contributed by atoms with Crippen LogP contribution in [0.4, 0.5) is 0 Å². The largest absolute Gasteiger partial charge is 0.317 e. The van der Waals surface area contributed by atoms with E-state index in [1.54, 1.807) is 0 Å². The Labute approximate surface area is 92.8 Å². The van der Waals surface area contributed by atoms with Gasteiger partial charge in [0.2, 0.25) is 0 Å². The fourth-order valence-corrected chi connectivity index (χ4v) is 3.13. The second-order valence-electron chi connectivity index (χ2n) is 5.40. The fourth-order valence-electron chi connectivity index (χ4n) is 3.13. The third-order valence-electron chi connectivity index (χ3n) is 4.08. The van der Waals surface area contributed by atoms with Crippen molar-refractivity contribution in [2.24, 2.45) is 17.8 Å². The molecule has 2 aliphatic rings. The van der Waals surface area contributed by atoms with E-state index in [9.17, 15) is 4.79 Å². The van der Waals surface area contributed by atoms with E-state index in [0.29, 0.717) is 17.6 Å². The minimum atomic E-state index is 0.376. The van der Waals surface area contributed by atoms with Crippen molar-refractivity contribution in [1.29, 1.82) is 0 Å². The van der Waals surface area contributed by atoms with Gasteiger partial charge in [-0.25, -0.2) is 0 Å². The van der Waals surface area contributed by atoms with Crippen molar-refractivity contribution < 1.29 is 4.79 Å². The highest BCUT2D eigenvalue weighted by molar-refractivity contribution is 5.83. The molecule has 86 valence electrons. The maximum Gasteiger partial charge on any atom is 0.139 e. The molecule has 2 nitrogen and oxygen atoms in total. The standard InChI is InChI=1S/C13H23NO/c1-10-3-2-4-12(9-10)13(15)11-5-7-14-8-6-11/h10-12,14H,2-9H2,1H3. The molecule has 2 fully saturated rings. The quantitative estimate of drug-likeness (QED) is 0.756. The van der Waals surface area contributed by atoms with Gasteiger partial charge in [0.05, 0.1) is 0 Å². The number of carbonyl (C=O) groups excluding carboxylic acids is 1. The molecule has 0 amide bonds. The molecular weight excluding hydrogens is 186 g/mol. The Morgan fingerprint density at radius 2 is 1.80 bits per heavy atom. The van der Waals surface area contributed by atoms with E-state index in [1.807, 2.05) is 0 Å². The molecule has 0 spiro atoms. The van der Waals surface area contributed by atoms with E-state index < -0.39 is 0 Å². The molecule has 1 saturated heterocycles. The summed E-state index contributed by atoms with van der Waals surface area (Å²) in [5, 5.41) is 3.33. The average molecular weight is 209 g/mol. The Kier molecular flexibility index (Phi) is 3.79. The maximum absolute atomic E-state index is 12.3. The molecule has 2 rings (SSSR count). The Hall–Kier alpha value is -0.370. The van der Waals surface area contributed by atoms with Gasteiger partial charge in [0.1, 0.15) is 5.78 Å². The molecule has 0 bridgehead atoms. The summed E-state index contributed by atoms with van der Waals surface area (Å²) in [6, 6.07) is 0. The Bertz CT molecular complexity index is 221. The summed E-state index contributed by atoms with van der Waals surface area (Å²) in [4.78, 5) is 12.3. The van der Waals surface area contributed by atoms with E-state index in [-0.39, 0.29) is 0 Å². The minimum absolute atomic E-state index is 0.376. The molecule has 2 heteroatoms. The van der Waals surface area contributed by atoms with Crippen molar-refractivity contribution in [2.45, 2.75) is 45.4 Å². The van der Waals surface area contributed by atoms with Crippen LogP contribution in [0.15, 0.2) is 0 Å². The summed E-state index contributed by atoms with van der Waals surface area (Å²) in [6.45, 7) is 4.37. The molecule has 2 unspecified atom stereocenters. The van der Waals surface area contributed by atoms with Gasteiger partial charge in [-0.15, -0.1) is 0 Å². The average Bonchev–Trinajstić information content (AvgIpc) is 2.29. The van der Waals surface area contributed by atoms with Crippen LogP contribution in [-0.2, 0) is 4.79 Å². The number of ketones is 1. The van der Waals surface area contributed by atoms with Crippen LogP contribution in [0.2, 0.25) is 0 Å². The van der Waals surface area contributed by atoms with Crippen LogP contribution in [0.1, 0.15) is 45.4 Å². The second-order valence-corrected chi connectivity index (χ2v) is 5.40. The second kappa shape index (κ2) is 5.11. The number of piperidine rings is 1. The summed E-state index contributed by atoms with van der Waals surface area (Å²) >= 11 is 0. The first-order valence-corrected chi connectivity index (χ1v) is 6.52. The molecule has 1 aliphatic carbocycles. The molecule has 15 heavy (non-hydrogen) atoms. The van der Waals surface area contributed by atoms with Crippen molar-refractivity contribution >= 4 is 5.78 Å². The van der Waals surface area contributed by atoms with Crippen LogP contribution < -0.4 is 5.32 Å². The van der Waals surface area contributed by atoms with Crippen LogP contribution in [0.25, 0.3) is 0 Å². The Morgan fingerprint density at radius 1 is 1.07 bits per heavy atom. The molecule has 1 heterocycles. The van der Waals surface area contributed by atoms with Gasteiger partial charge in [-0.05, 0) is 44.7 Å². The van der Waals surface area contributed by atoms with E-state index in [2.05, 4.69) is 12.2 Å². The fraction of sp³-hybridized carbons (Fsp3) is 0.923. The zero-order valence-electron chi connectivity index (χ0n) is 9.80. The number of Topliss-reactive ketones (excluding diaryl/α,β-unsaturated/α-hetero) is 1. The van der Waals surface area contributed by atoms with Gasteiger partial charge >= 0.3 is 0 Å².